The summed E-state index contributed by atoms with van der Waals surface area (Å²) in [4.78, 5) is 22.9. The number of rotatable bonds is 2. The number of imide groups is 1. The van der Waals surface area contributed by atoms with Crippen LogP contribution in [0.4, 0.5) is 0 Å². The van der Waals surface area contributed by atoms with Gasteiger partial charge in [0.2, 0.25) is 0 Å². The Morgan fingerprint density at radius 2 is 1.57 bits per heavy atom. The maximum atomic E-state index is 11.4. The van der Waals surface area contributed by atoms with E-state index in [1.807, 2.05) is 0 Å². The van der Waals surface area contributed by atoms with E-state index in [2.05, 4.69) is 4.62 Å². The molecule has 0 atom stereocenters. The summed E-state index contributed by atoms with van der Waals surface area (Å²) in [5.41, 5.74) is 0.530. The Bertz CT molecular complexity index is 396. The molecule has 1 aliphatic rings. The lowest BCUT2D eigenvalue weighted by Gasteiger charge is -2.05. The molecule has 0 spiro atoms. The van der Waals surface area contributed by atoms with Gasteiger partial charge in [-0.1, -0.05) is 12.1 Å². The lowest BCUT2D eigenvalue weighted by Crippen LogP contribution is -2.26. The van der Waals surface area contributed by atoms with Crippen LogP contribution in [0.25, 0.3) is 0 Å². The number of carbonyl (C=O) groups excluding carboxylic acids is 2. The Labute approximate surface area is 80.5 Å². The van der Waals surface area contributed by atoms with E-state index in [-0.39, 0.29) is 11.1 Å². The van der Waals surface area contributed by atoms with Crippen LogP contribution in [0.5, 0.6) is 0 Å². The molecule has 1 aromatic carbocycles. The number of hydrogen-bond donors (Lipinski definition) is 0. The summed E-state index contributed by atoms with van der Waals surface area (Å²) in [6.45, 7) is 0. The van der Waals surface area contributed by atoms with Crippen LogP contribution in [0.1, 0.15) is 20.7 Å². The van der Waals surface area contributed by atoms with Gasteiger partial charge >= 0.3 is 8.69 Å². The third-order valence-electron chi connectivity index (χ3n) is 1.87. The van der Waals surface area contributed by atoms with Crippen LogP contribution in [0.15, 0.2) is 24.3 Å². The van der Waals surface area contributed by atoms with Crippen LogP contribution in [0, 0.1) is 0 Å². The third-order valence-corrected chi connectivity index (χ3v) is 2.10. The lowest BCUT2D eigenvalue weighted by atomic mass is 10.1. The van der Waals surface area contributed by atoms with Crippen molar-refractivity contribution in [3.05, 3.63) is 35.4 Å². The Hall–Kier alpha value is -1.58. The van der Waals surface area contributed by atoms with Crippen LogP contribution in [-0.4, -0.2) is 16.9 Å². The molecule has 70 valence electrons. The Balaban J connectivity index is 2.48. The number of amides is 2. The molecule has 6 heteroatoms. The SMILES string of the molecule is O=PON1C(=O)c2ccccc2C1=O. The smallest absolute Gasteiger partial charge is 0.266 e. The van der Waals surface area contributed by atoms with E-state index in [0.717, 1.165) is 0 Å². The molecule has 0 fully saturated rings. The molecule has 1 heterocycles. The van der Waals surface area contributed by atoms with Crippen molar-refractivity contribution < 1.29 is 18.8 Å². The van der Waals surface area contributed by atoms with Gasteiger partial charge < -0.3 is 0 Å². The summed E-state index contributed by atoms with van der Waals surface area (Å²) in [6, 6.07) is 6.31. The van der Waals surface area contributed by atoms with Gasteiger partial charge in [-0.25, -0.2) is 4.57 Å². The highest BCUT2D eigenvalue weighted by Crippen LogP contribution is 2.24. The average Bonchev–Trinajstić information content (AvgIpc) is 2.45. The topological polar surface area (TPSA) is 63.7 Å². The quantitative estimate of drug-likeness (QED) is 0.545. The molecule has 0 aliphatic carbocycles. The fourth-order valence-corrected chi connectivity index (χ4v) is 1.49. The number of nitrogens with zero attached hydrogens (tertiary/aromatic N) is 1. The van der Waals surface area contributed by atoms with E-state index >= 15 is 0 Å². The molecule has 0 N–H and O–H groups in total. The standard InChI is InChI=1S/C8H4NO4P/c10-7-5-3-1-2-4-6(5)8(11)9(7)13-14-12/h1-4H. The van der Waals surface area contributed by atoms with E-state index in [0.29, 0.717) is 5.06 Å². The minimum Gasteiger partial charge on any atom is -0.266 e. The van der Waals surface area contributed by atoms with Crippen LogP contribution in [0.3, 0.4) is 0 Å². The van der Waals surface area contributed by atoms with Crippen LogP contribution in [0.2, 0.25) is 0 Å². The first-order valence-electron chi connectivity index (χ1n) is 3.73. The maximum Gasteiger partial charge on any atom is 0.352 e. The maximum absolute atomic E-state index is 11.4. The van der Waals surface area contributed by atoms with Gasteiger partial charge in [0.1, 0.15) is 0 Å². The van der Waals surface area contributed by atoms with E-state index < -0.39 is 20.5 Å². The van der Waals surface area contributed by atoms with Gasteiger partial charge in [-0.2, -0.15) is 4.62 Å². The first-order valence-corrected chi connectivity index (χ1v) is 4.46. The molecule has 1 aliphatic heterocycles. The number of hydrogen-bond acceptors (Lipinski definition) is 4. The second kappa shape index (κ2) is 3.29. The summed E-state index contributed by atoms with van der Waals surface area (Å²) in [5.74, 6) is -1.18. The summed E-state index contributed by atoms with van der Waals surface area (Å²) in [5, 5.41) is 0.485. The number of hydroxylamine groups is 2. The Kier molecular flexibility index (Phi) is 2.11. The van der Waals surface area contributed by atoms with Crippen molar-refractivity contribution in [2.75, 3.05) is 0 Å². The van der Waals surface area contributed by atoms with E-state index in [4.69, 9.17) is 0 Å². The molecule has 0 saturated carbocycles. The Morgan fingerprint density at radius 3 is 2.00 bits per heavy atom. The largest absolute Gasteiger partial charge is 0.352 e. The first-order chi connectivity index (χ1) is 6.75. The molecule has 0 unspecified atom stereocenters. The highest BCUT2D eigenvalue weighted by Gasteiger charge is 2.36. The zero-order chi connectivity index (χ0) is 10.1. The van der Waals surface area contributed by atoms with Crippen molar-refractivity contribution >= 4 is 20.5 Å². The van der Waals surface area contributed by atoms with Gasteiger partial charge in [-0.05, 0) is 12.1 Å². The number of benzene rings is 1. The third kappa shape index (κ3) is 1.14. The number of fused-ring (bicyclic) bond motifs is 1. The van der Waals surface area contributed by atoms with Gasteiger partial charge in [0.25, 0.3) is 11.8 Å². The minimum atomic E-state index is -0.732. The van der Waals surface area contributed by atoms with Crippen molar-refractivity contribution in [1.82, 2.24) is 5.06 Å². The first kappa shape index (κ1) is 8.99. The molecule has 0 bridgehead atoms. The van der Waals surface area contributed by atoms with Crippen molar-refractivity contribution in [3.63, 3.8) is 0 Å². The van der Waals surface area contributed by atoms with Gasteiger partial charge in [-0.3, -0.25) is 9.59 Å². The van der Waals surface area contributed by atoms with Crippen molar-refractivity contribution in [3.8, 4) is 0 Å². The molecule has 1 aromatic rings. The molecule has 0 radical (unpaired) electrons. The highest BCUT2D eigenvalue weighted by atomic mass is 31.1. The van der Waals surface area contributed by atoms with Crippen LogP contribution >= 0.6 is 8.69 Å². The zero-order valence-corrected chi connectivity index (χ0v) is 7.73. The molecule has 0 aromatic heterocycles. The average molecular weight is 209 g/mol. The summed E-state index contributed by atoms with van der Waals surface area (Å²) in [6.07, 6.45) is 0. The summed E-state index contributed by atoms with van der Waals surface area (Å²) in [7, 11) is -0.732. The Morgan fingerprint density at radius 1 is 1.07 bits per heavy atom. The van der Waals surface area contributed by atoms with Gasteiger partial charge in [0.05, 0.1) is 11.1 Å². The molecule has 2 rings (SSSR count). The van der Waals surface area contributed by atoms with Crippen molar-refractivity contribution in [2.45, 2.75) is 0 Å². The second-order valence-corrected chi connectivity index (χ2v) is 2.92. The molecule has 5 nitrogen and oxygen atoms in total. The fraction of sp³-hybridized carbons (Fsp3) is 0. The molecular formula is C8H4NO4P. The lowest BCUT2D eigenvalue weighted by molar-refractivity contribution is -0.00680. The van der Waals surface area contributed by atoms with Crippen LogP contribution < -0.4 is 0 Å². The minimum absolute atomic E-state index is 0.265. The zero-order valence-electron chi connectivity index (χ0n) is 6.84. The van der Waals surface area contributed by atoms with E-state index in [9.17, 15) is 14.2 Å². The monoisotopic (exact) mass is 209 g/mol. The predicted octanol–water partition coefficient (Wildman–Crippen LogP) is 1.42. The summed E-state index contributed by atoms with van der Waals surface area (Å²) < 4.78 is 14.5. The van der Waals surface area contributed by atoms with Crippen molar-refractivity contribution in [1.29, 1.82) is 0 Å². The van der Waals surface area contributed by atoms with E-state index in [1.54, 1.807) is 12.1 Å². The fourth-order valence-electron chi connectivity index (χ4n) is 1.27. The molecule has 14 heavy (non-hydrogen) atoms. The molecular weight excluding hydrogens is 205 g/mol. The molecule has 2 amide bonds. The van der Waals surface area contributed by atoms with Gasteiger partial charge in [0.15, 0.2) is 0 Å². The van der Waals surface area contributed by atoms with Gasteiger partial charge in [-0.15, -0.1) is 5.06 Å². The normalized spacial score (nSPS) is 15.0. The summed E-state index contributed by atoms with van der Waals surface area (Å²) >= 11 is 0. The molecule has 0 saturated heterocycles. The van der Waals surface area contributed by atoms with Crippen LogP contribution in [-0.2, 0) is 9.19 Å². The van der Waals surface area contributed by atoms with E-state index in [1.165, 1.54) is 12.1 Å². The second-order valence-electron chi connectivity index (χ2n) is 2.61. The highest BCUT2D eigenvalue weighted by molar-refractivity contribution is 7.17. The van der Waals surface area contributed by atoms with Gasteiger partial charge in [0, 0.05) is 0 Å². The number of carbonyl (C=O) groups is 2. The predicted molar refractivity (Wildman–Crippen MR) is 45.6 cm³/mol. The van der Waals surface area contributed by atoms with Crippen molar-refractivity contribution in [2.24, 2.45) is 0 Å².